The van der Waals surface area contributed by atoms with E-state index in [4.69, 9.17) is 0 Å². The third-order valence-electron chi connectivity index (χ3n) is 3.52. The average Bonchev–Trinajstić information content (AvgIpc) is 2.27. The molecule has 1 aliphatic rings. The number of hydrogen-bond acceptors (Lipinski definition) is 0. The van der Waals surface area contributed by atoms with Gasteiger partial charge in [0.2, 0.25) is 0 Å². The largest absolute Gasteiger partial charge is 0.0885 e. The second-order valence-corrected chi connectivity index (χ2v) is 7.08. The molecule has 0 aliphatic heterocycles. The van der Waals surface area contributed by atoms with Crippen molar-refractivity contribution in [2.24, 2.45) is 11.8 Å². The minimum absolute atomic E-state index is 0.657. The van der Waals surface area contributed by atoms with Gasteiger partial charge in [0.15, 0.2) is 0 Å². The molecule has 0 aromatic heterocycles. The third kappa shape index (κ3) is 2.70. The Hall–Kier alpha value is 0.180. The molecule has 0 bridgehead atoms. The highest BCUT2D eigenvalue weighted by Crippen LogP contribution is 2.34. The van der Waals surface area contributed by atoms with Gasteiger partial charge in [-0.25, -0.2) is 0 Å². The van der Waals surface area contributed by atoms with E-state index in [0.29, 0.717) is 4.83 Å². The predicted molar refractivity (Wildman–Crippen MR) is 77.2 cm³/mol. The second-order valence-electron chi connectivity index (χ2n) is 5.10. The summed E-state index contributed by atoms with van der Waals surface area (Å²) in [4.78, 5) is 0.657. The smallest absolute Gasteiger partial charge is 0.0200 e. The molecule has 2 heteroatoms. The van der Waals surface area contributed by atoms with E-state index in [1.165, 1.54) is 29.3 Å². The Morgan fingerprint density at radius 2 is 2.00 bits per heavy atom. The van der Waals surface area contributed by atoms with E-state index in [1.54, 1.807) is 5.56 Å². The molecule has 0 nitrogen and oxygen atoms in total. The second kappa shape index (κ2) is 5.22. The van der Waals surface area contributed by atoms with Gasteiger partial charge in [-0.2, -0.15) is 0 Å². The van der Waals surface area contributed by atoms with Crippen LogP contribution in [0.3, 0.4) is 0 Å². The van der Waals surface area contributed by atoms with Gasteiger partial charge in [-0.1, -0.05) is 51.8 Å². The zero-order valence-electron chi connectivity index (χ0n) is 9.84. The Morgan fingerprint density at radius 1 is 1.25 bits per heavy atom. The van der Waals surface area contributed by atoms with Crippen molar-refractivity contribution < 1.29 is 0 Å². The number of alkyl halides is 1. The lowest BCUT2D eigenvalue weighted by Crippen LogP contribution is -2.26. The molecule has 0 amide bonds. The summed E-state index contributed by atoms with van der Waals surface area (Å²) in [6.45, 7) is 4.60. The molecule has 16 heavy (non-hydrogen) atoms. The molecule has 0 radical (unpaired) electrons. The van der Waals surface area contributed by atoms with Gasteiger partial charge in [0.1, 0.15) is 0 Å². The molecule has 1 aromatic carbocycles. The number of rotatable bonds is 2. The summed E-state index contributed by atoms with van der Waals surface area (Å²) in [7, 11) is 0. The number of benzene rings is 1. The zero-order valence-corrected chi connectivity index (χ0v) is 13.0. The topological polar surface area (TPSA) is 0 Å². The van der Waals surface area contributed by atoms with E-state index in [-0.39, 0.29) is 0 Å². The van der Waals surface area contributed by atoms with Gasteiger partial charge in [-0.15, -0.1) is 0 Å². The maximum absolute atomic E-state index is 3.86. The first kappa shape index (κ1) is 12.6. The highest BCUT2D eigenvalue weighted by atomic mass is 79.9. The monoisotopic (exact) mass is 344 g/mol. The van der Waals surface area contributed by atoms with E-state index in [0.717, 1.165) is 11.8 Å². The van der Waals surface area contributed by atoms with E-state index in [1.807, 2.05) is 0 Å². The highest BCUT2D eigenvalue weighted by molar-refractivity contribution is 9.10. The Balaban J connectivity index is 2.15. The Morgan fingerprint density at radius 3 is 2.69 bits per heavy atom. The standard InChI is InChI=1S/C14H18Br2/c1-9(2)14(16)12-4-3-11-8-13(15)6-5-10(11)7-12/h5-6,8-9,12,14H,3-4,7H2,1-2H3. The van der Waals surface area contributed by atoms with E-state index in [2.05, 4.69) is 63.9 Å². The molecule has 2 atom stereocenters. The molecular formula is C14H18Br2. The van der Waals surface area contributed by atoms with Crippen LogP contribution in [0.2, 0.25) is 0 Å². The number of halogens is 2. The van der Waals surface area contributed by atoms with E-state index >= 15 is 0 Å². The van der Waals surface area contributed by atoms with Crippen LogP contribution in [0.15, 0.2) is 22.7 Å². The van der Waals surface area contributed by atoms with Gasteiger partial charge in [-0.05, 0) is 54.4 Å². The molecule has 0 saturated carbocycles. The van der Waals surface area contributed by atoms with Crippen molar-refractivity contribution >= 4 is 31.9 Å². The third-order valence-corrected chi connectivity index (χ3v) is 5.82. The maximum atomic E-state index is 3.86. The minimum atomic E-state index is 0.657. The molecule has 88 valence electrons. The summed E-state index contributed by atoms with van der Waals surface area (Å²) in [6, 6.07) is 6.73. The van der Waals surface area contributed by atoms with Gasteiger partial charge in [0.25, 0.3) is 0 Å². The zero-order chi connectivity index (χ0) is 11.7. The summed E-state index contributed by atoms with van der Waals surface area (Å²) in [5.41, 5.74) is 3.08. The summed E-state index contributed by atoms with van der Waals surface area (Å²) in [6.07, 6.45) is 3.78. The Labute approximate surface area is 115 Å². The minimum Gasteiger partial charge on any atom is -0.0885 e. The molecule has 0 heterocycles. The number of aryl methyl sites for hydroxylation is 1. The summed E-state index contributed by atoms with van der Waals surface area (Å²) >= 11 is 7.41. The van der Waals surface area contributed by atoms with Gasteiger partial charge in [0.05, 0.1) is 0 Å². The van der Waals surface area contributed by atoms with Gasteiger partial charge in [0, 0.05) is 9.30 Å². The van der Waals surface area contributed by atoms with Crippen molar-refractivity contribution in [2.75, 3.05) is 0 Å². The molecule has 0 fully saturated rings. The fraction of sp³-hybridized carbons (Fsp3) is 0.571. The fourth-order valence-electron chi connectivity index (χ4n) is 2.57. The lowest BCUT2D eigenvalue weighted by Gasteiger charge is -2.30. The van der Waals surface area contributed by atoms with Gasteiger partial charge in [-0.3, -0.25) is 0 Å². The van der Waals surface area contributed by atoms with Crippen LogP contribution in [0.5, 0.6) is 0 Å². The first-order chi connectivity index (χ1) is 7.58. The number of fused-ring (bicyclic) bond motifs is 1. The molecule has 2 rings (SSSR count). The van der Waals surface area contributed by atoms with Crippen molar-refractivity contribution in [3.63, 3.8) is 0 Å². The van der Waals surface area contributed by atoms with Crippen LogP contribution in [-0.2, 0) is 12.8 Å². The summed E-state index contributed by atoms with van der Waals surface area (Å²) in [5.74, 6) is 1.52. The van der Waals surface area contributed by atoms with E-state index < -0.39 is 0 Å². The fourth-order valence-corrected chi connectivity index (χ4v) is 3.43. The average molecular weight is 346 g/mol. The van der Waals surface area contributed by atoms with E-state index in [9.17, 15) is 0 Å². The van der Waals surface area contributed by atoms with Crippen LogP contribution in [0.1, 0.15) is 31.4 Å². The first-order valence-corrected chi connectivity index (χ1v) is 7.70. The molecule has 0 saturated heterocycles. The number of hydrogen-bond donors (Lipinski definition) is 0. The molecule has 1 aliphatic carbocycles. The van der Waals surface area contributed by atoms with Crippen molar-refractivity contribution in [1.82, 2.24) is 0 Å². The van der Waals surface area contributed by atoms with Crippen LogP contribution >= 0.6 is 31.9 Å². The van der Waals surface area contributed by atoms with Crippen molar-refractivity contribution in [3.05, 3.63) is 33.8 Å². The maximum Gasteiger partial charge on any atom is 0.0200 e. The lowest BCUT2D eigenvalue weighted by molar-refractivity contribution is 0.389. The molecule has 0 spiro atoms. The molecular weight excluding hydrogens is 328 g/mol. The van der Waals surface area contributed by atoms with Crippen LogP contribution in [0.25, 0.3) is 0 Å². The Kier molecular flexibility index (Phi) is 4.12. The molecule has 1 aromatic rings. The SMILES string of the molecule is CC(C)C(Br)C1CCc2cc(Br)ccc2C1. The van der Waals surface area contributed by atoms with Crippen LogP contribution in [0, 0.1) is 11.8 Å². The van der Waals surface area contributed by atoms with Crippen molar-refractivity contribution in [3.8, 4) is 0 Å². The van der Waals surface area contributed by atoms with Crippen LogP contribution < -0.4 is 0 Å². The lowest BCUT2D eigenvalue weighted by atomic mass is 9.80. The Bertz CT molecular complexity index is 371. The van der Waals surface area contributed by atoms with Gasteiger partial charge >= 0.3 is 0 Å². The summed E-state index contributed by atoms with van der Waals surface area (Å²) in [5, 5.41) is 0. The summed E-state index contributed by atoms with van der Waals surface area (Å²) < 4.78 is 1.21. The van der Waals surface area contributed by atoms with Crippen LogP contribution in [-0.4, -0.2) is 4.83 Å². The first-order valence-electron chi connectivity index (χ1n) is 5.99. The predicted octanol–water partition coefficient (Wildman–Crippen LogP) is 4.97. The van der Waals surface area contributed by atoms with Crippen LogP contribution in [0.4, 0.5) is 0 Å². The van der Waals surface area contributed by atoms with Crippen molar-refractivity contribution in [1.29, 1.82) is 0 Å². The molecule has 0 N–H and O–H groups in total. The van der Waals surface area contributed by atoms with Crippen molar-refractivity contribution in [2.45, 2.75) is 37.9 Å². The highest BCUT2D eigenvalue weighted by Gasteiger charge is 2.26. The normalized spacial score (nSPS) is 21.9. The molecule has 2 unspecified atom stereocenters. The van der Waals surface area contributed by atoms with Gasteiger partial charge < -0.3 is 0 Å². The quantitative estimate of drug-likeness (QED) is 0.663.